The fourth-order valence-corrected chi connectivity index (χ4v) is 0.992. The van der Waals surface area contributed by atoms with Gasteiger partial charge in [0.25, 0.3) is 0 Å². The van der Waals surface area contributed by atoms with E-state index < -0.39 is 5.91 Å². The van der Waals surface area contributed by atoms with Gasteiger partial charge in [-0.05, 0) is 18.8 Å². The molecule has 0 rings (SSSR count). The van der Waals surface area contributed by atoms with Gasteiger partial charge in [-0.1, -0.05) is 13.3 Å². The molecule has 0 aromatic rings. The molecule has 0 fully saturated rings. The normalized spacial score (nSPS) is 11.3. The standard InChI is InChI=1S/C9H18N2O2.W/c1-7(9(10)13)5-3-4-6-8(12)11-2;/h7H,3-6H2,1-2H3,(H3,10,11,12,13);/p-1. The van der Waals surface area contributed by atoms with Gasteiger partial charge in [-0.3, -0.25) is 4.79 Å². The summed E-state index contributed by atoms with van der Waals surface area (Å²) in [4.78, 5) is 21.3. The smallest absolute Gasteiger partial charge is 0.219 e. The Labute approximate surface area is 99.3 Å². The van der Waals surface area contributed by atoms with Crippen molar-refractivity contribution in [2.24, 2.45) is 5.92 Å². The van der Waals surface area contributed by atoms with Crippen LogP contribution in [0.4, 0.5) is 0 Å². The molecule has 0 aromatic heterocycles. The zero-order valence-corrected chi connectivity index (χ0v) is 11.6. The van der Waals surface area contributed by atoms with Crippen molar-refractivity contribution in [2.75, 3.05) is 7.05 Å². The molecule has 0 aliphatic carbocycles. The van der Waals surface area contributed by atoms with Gasteiger partial charge in [-0.2, -0.15) is 0 Å². The molecule has 0 spiro atoms. The van der Waals surface area contributed by atoms with E-state index in [1.165, 1.54) is 0 Å². The maximum absolute atomic E-state index is 10.8. The van der Waals surface area contributed by atoms with Crippen molar-refractivity contribution in [3.63, 3.8) is 0 Å². The maximum Gasteiger partial charge on any atom is 0.219 e. The Kier molecular flexibility index (Phi) is 10.6. The first-order chi connectivity index (χ1) is 6.07. The van der Waals surface area contributed by atoms with Gasteiger partial charge in [0.1, 0.15) is 0 Å². The minimum atomic E-state index is -0.514. The van der Waals surface area contributed by atoms with Gasteiger partial charge in [0.05, 0.1) is 5.91 Å². The second-order valence-electron chi connectivity index (χ2n) is 3.18. The predicted molar refractivity (Wildman–Crippen MR) is 51.0 cm³/mol. The van der Waals surface area contributed by atoms with Crippen molar-refractivity contribution in [1.82, 2.24) is 5.32 Å². The first kappa shape index (κ1) is 16.1. The first-order valence-corrected chi connectivity index (χ1v) is 4.54. The van der Waals surface area contributed by atoms with Crippen LogP contribution in [-0.2, 0) is 30.7 Å². The third kappa shape index (κ3) is 8.24. The molecule has 0 radical (unpaired) electrons. The zero-order chi connectivity index (χ0) is 10.3. The monoisotopic (exact) mass is 369 g/mol. The largest absolute Gasteiger partial charge is 0.668 e. The summed E-state index contributed by atoms with van der Waals surface area (Å²) >= 11 is 0. The number of hydrogen-bond acceptors (Lipinski definition) is 2. The molecule has 0 bridgehead atoms. The zero-order valence-electron chi connectivity index (χ0n) is 8.63. The summed E-state index contributed by atoms with van der Waals surface area (Å²) in [7, 11) is 1.61. The number of unbranched alkanes of at least 4 members (excludes halogenated alkanes) is 1. The van der Waals surface area contributed by atoms with Crippen molar-refractivity contribution in [1.29, 1.82) is 0 Å². The topological polar surface area (TPSA) is 70.0 Å². The third-order valence-electron chi connectivity index (χ3n) is 2.02. The third-order valence-corrected chi connectivity index (χ3v) is 2.02. The van der Waals surface area contributed by atoms with E-state index in [1.807, 2.05) is 0 Å². The van der Waals surface area contributed by atoms with Gasteiger partial charge in [0.15, 0.2) is 0 Å². The second-order valence-corrected chi connectivity index (χ2v) is 3.18. The molecule has 0 saturated heterocycles. The van der Waals surface area contributed by atoms with Crippen LogP contribution in [0.1, 0.15) is 32.6 Å². The van der Waals surface area contributed by atoms with Crippen molar-refractivity contribution >= 4 is 11.8 Å². The average molecular weight is 369 g/mol. The van der Waals surface area contributed by atoms with Crippen molar-refractivity contribution in [3.05, 3.63) is 5.73 Å². The van der Waals surface area contributed by atoms with E-state index in [1.54, 1.807) is 14.0 Å². The average Bonchev–Trinajstić information content (AvgIpc) is 2.11. The van der Waals surface area contributed by atoms with E-state index in [-0.39, 0.29) is 32.9 Å². The number of carbonyl (C=O) groups excluding carboxylic acids is 2. The minimum absolute atomic E-state index is 0. The summed E-state index contributed by atoms with van der Waals surface area (Å²) in [5.41, 5.74) is 6.82. The SMILES string of the molecule is CNC(=O)CCCCC(C)C([NH-])=O.[W]. The van der Waals surface area contributed by atoms with Crippen LogP contribution in [0.5, 0.6) is 0 Å². The van der Waals surface area contributed by atoms with E-state index in [4.69, 9.17) is 5.73 Å². The molecule has 0 saturated carbocycles. The van der Waals surface area contributed by atoms with Crippen LogP contribution < -0.4 is 5.32 Å². The van der Waals surface area contributed by atoms with Crippen LogP contribution in [0, 0.1) is 5.92 Å². The molecule has 0 aliphatic rings. The maximum atomic E-state index is 10.8. The number of nitrogens with one attached hydrogen (secondary N) is 2. The predicted octanol–water partition coefficient (Wildman–Crippen LogP) is 1.51. The Morgan fingerprint density at radius 1 is 1.36 bits per heavy atom. The van der Waals surface area contributed by atoms with E-state index >= 15 is 0 Å². The second kappa shape index (κ2) is 9.19. The van der Waals surface area contributed by atoms with Crippen LogP contribution in [0.15, 0.2) is 0 Å². The molecule has 1 atom stereocenters. The van der Waals surface area contributed by atoms with Gasteiger partial charge in [0, 0.05) is 34.5 Å². The molecule has 0 heterocycles. The molecule has 2 N–H and O–H groups in total. The Hall–Kier alpha value is -0.372. The van der Waals surface area contributed by atoms with Crippen LogP contribution in [-0.4, -0.2) is 18.9 Å². The molecular weight excluding hydrogens is 352 g/mol. The van der Waals surface area contributed by atoms with Crippen molar-refractivity contribution in [3.8, 4) is 0 Å². The molecule has 0 aliphatic heterocycles. The van der Waals surface area contributed by atoms with Gasteiger partial charge in [-0.25, -0.2) is 0 Å². The van der Waals surface area contributed by atoms with E-state index in [2.05, 4.69) is 5.32 Å². The van der Waals surface area contributed by atoms with Gasteiger partial charge < -0.3 is 15.8 Å². The molecule has 2 amide bonds. The van der Waals surface area contributed by atoms with E-state index in [9.17, 15) is 9.59 Å². The Morgan fingerprint density at radius 3 is 2.36 bits per heavy atom. The Balaban J connectivity index is 0. The molecule has 14 heavy (non-hydrogen) atoms. The summed E-state index contributed by atoms with van der Waals surface area (Å²) in [6.45, 7) is 1.75. The molecular formula is C9H17N2O2W-. The molecule has 4 nitrogen and oxygen atoms in total. The fourth-order valence-electron chi connectivity index (χ4n) is 0.992. The van der Waals surface area contributed by atoms with E-state index in [0.717, 1.165) is 12.8 Å². The Bertz CT molecular complexity index is 186. The number of rotatable bonds is 6. The summed E-state index contributed by atoms with van der Waals surface area (Å²) in [5, 5.41) is 2.53. The van der Waals surface area contributed by atoms with Crippen LogP contribution >= 0.6 is 0 Å². The Morgan fingerprint density at radius 2 is 1.93 bits per heavy atom. The van der Waals surface area contributed by atoms with Crippen molar-refractivity contribution in [2.45, 2.75) is 32.6 Å². The molecule has 0 aromatic carbocycles. The van der Waals surface area contributed by atoms with Crippen LogP contribution in [0.3, 0.4) is 0 Å². The molecule has 5 heteroatoms. The molecule has 82 valence electrons. The minimum Gasteiger partial charge on any atom is -0.668 e. The fraction of sp³-hybridized carbons (Fsp3) is 0.778. The summed E-state index contributed by atoms with van der Waals surface area (Å²) < 4.78 is 0. The van der Waals surface area contributed by atoms with Crippen LogP contribution in [0.2, 0.25) is 0 Å². The van der Waals surface area contributed by atoms with Crippen molar-refractivity contribution < 1.29 is 30.7 Å². The van der Waals surface area contributed by atoms with Crippen LogP contribution in [0.25, 0.3) is 5.73 Å². The number of hydrogen-bond donors (Lipinski definition) is 1. The summed E-state index contributed by atoms with van der Waals surface area (Å²) in [5.74, 6) is -0.672. The summed E-state index contributed by atoms with van der Waals surface area (Å²) in [6, 6.07) is 0. The van der Waals surface area contributed by atoms with Gasteiger partial charge in [0.2, 0.25) is 5.91 Å². The molecule has 1 unspecified atom stereocenters. The quantitative estimate of drug-likeness (QED) is 0.722. The van der Waals surface area contributed by atoms with E-state index in [0.29, 0.717) is 12.8 Å². The van der Waals surface area contributed by atoms with Gasteiger partial charge in [-0.15, -0.1) is 0 Å². The number of carbonyl (C=O) groups is 2. The first-order valence-electron chi connectivity index (χ1n) is 4.54. The van der Waals surface area contributed by atoms with Gasteiger partial charge >= 0.3 is 0 Å². The number of amides is 2. The summed E-state index contributed by atoms with van der Waals surface area (Å²) in [6.07, 6.45) is 2.84.